The average Bonchev–Trinajstić information content (AvgIpc) is 2.28. The van der Waals surface area contributed by atoms with E-state index in [1.807, 2.05) is 0 Å². The van der Waals surface area contributed by atoms with E-state index in [0.29, 0.717) is 23.7 Å². The number of carboxylic acids is 1. The Labute approximate surface area is 104 Å². The van der Waals surface area contributed by atoms with Crippen LogP contribution in [0.25, 0.3) is 0 Å². The molecule has 94 valence electrons. The monoisotopic (exact) mass is 258 g/mol. The maximum Gasteiger partial charge on any atom is 0.320 e. The number of nitrogens with two attached hydrogens (primary N) is 1. The van der Waals surface area contributed by atoms with Crippen LogP contribution in [0, 0.1) is 0 Å². The zero-order chi connectivity index (χ0) is 12.8. The van der Waals surface area contributed by atoms with E-state index in [1.54, 1.807) is 12.1 Å². The summed E-state index contributed by atoms with van der Waals surface area (Å²) < 4.78 is 0. The van der Waals surface area contributed by atoms with E-state index in [2.05, 4.69) is 5.32 Å². The zero-order valence-electron chi connectivity index (χ0n) is 9.19. The molecule has 0 heterocycles. The summed E-state index contributed by atoms with van der Waals surface area (Å²) in [5.74, 6) is -0.565. The number of phenols is 1. The number of carboxylic acid groups (broad SMARTS) is 1. The zero-order valence-corrected chi connectivity index (χ0v) is 9.94. The molecule has 0 aliphatic rings. The Balaban J connectivity index is 2.71. The lowest BCUT2D eigenvalue weighted by atomic mass is 10.1. The van der Waals surface area contributed by atoms with Crippen molar-refractivity contribution in [3.05, 3.63) is 23.8 Å². The second-order valence-corrected chi connectivity index (χ2v) is 3.99. The quantitative estimate of drug-likeness (QED) is 0.451. The van der Waals surface area contributed by atoms with Crippen molar-refractivity contribution in [1.82, 2.24) is 0 Å². The molecule has 0 fully saturated rings. The molecule has 5 N–H and O–H groups in total. The lowest BCUT2D eigenvalue weighted by Gasteiger charge is -2.10. The Bertz CT molecular complexity index is 398. The summed E-state index contributed by atoms with van der Waals surface area (Å²) in [6.07, 6.45) is 0.179. The third-order valence-electron chi connectivity index (χ3n) is 2.24. The van der Waals surface area contributed by atoms with Crippen molar-refractivity contribution >= 4 is 23.3 Å². The largest absolute Gasteiger partial charge is 0.506 e. The van der Waals surface area contributed by atoms with Gasteiger partial charge in [0, 0.05) is 12.4 Å². The topological polar surface area (TPSA) is 95.6 Å². The molecule has 0 aromatic heterocycles. The van der Waals surface area contributed by atoms with E-state index in [0.717, 1.165) is 0 Å². The summed E-state index contributed by atoms with van der Waals surface area (Å²) in [5, 5.41) is 21.3. The SMILES string of the molecule is NC(Cc1ccc(NCCCl)c(O)c1)C(=O)O. The molecule has 0 radical (unpaired) electrons. The van der Waals surface area contributed by atoms with Crippen LogP contribution < -0.4 is 11.1 Å². The van der Waals surface area contributed by atoms with Gasteiger partial charge in [0.15, 0.2) is 0 Å². The highest BCUT2D eigenvalue weighted by Crippen LogP contribution is 2.24. The molecule has 0 spiro atoms. The van der Waals surface area contributed by atoms with Gasteiger partial charge in [0.2, 0.25) is 0 Å². The molecule has 0 amide bonds. The summed E-state index contributed by atoms with van der Waals surface area (Å²) in [7, 11) is 0. The standard InChI is InChI=1S/C11H15ClN2O3/c12-3-4-14-9-2-1-7(6-10(9)15)5-8(13)11(16)17/h1-2,6,8,14-15H,3-5,13H2,(H,16,17). The van der Waals surface area contributed by atoms with Crippen LogP contribution in [-0.4, -0.2) is 34.6 Å². The number of benzene rings is 1. The molecule has 0 aliphatic heterocycles. The van der Waals surface area contributed by atoms with E-state index < -0.39 is 12.0 Å². The molecule has 17 heavy (non-hydrogen) atoms. The Morgan fingerprint density at radius 3 is 2.76 bits per heavy atom. The van der Waals surface area contributed by atoms with Crippen molar-refractivity contribution in [2.24, 2.45) is 5.73 Å². The summed E-state index contributed by atoms with van der Waals surface area (Å²) in [4.78, 5) is 10.6. The molecule has 1 unspecified atom stereocenters. The van der Waals surface area contributed by atoms with Crippen LogP contribution in [0.2, 0.25) is 0 Å². The number of aromatic hydroxyl groups is 1. The molecule has 1 atom stereocenters. The Morgan fingerprint density at radius 2 is 2.24 bits per heavy atom. The molecule has 0 aliphatic carbocycles. The predicted molar refractivity (Wildman–Crippen MR) is 66.6 cm³/mol. The molecule has 6 heteroatoms. The number of halogens is 1. The predicted octanol–water partition coefficient (Wildman–Crippen LogP) is 0.997. The Morgan fingerprint density at radius 1 is 1.53 bits per heavy atom. The number of aliphatic carboxylic acids is 1. The molecular weight excluding hydrogens is 244 g/mol. The fraction of sp³-hybridized carbons (Fsp3) is 0.364. The number of carbonyl (C=O) groups is 1. The molecule has 1 rings (SSSR count). The molecular formula is C11H15ClN2O3. The maximum atomic E-state index is 10.6. The van der Waals surface area contributed by atoms with Crippen LogP contribution in [0.3, 0.4) is 0 Å². The fourth-order valence-corrected chi connectivity index (χ4v) is 1.47. The average molecular weight is 259 g/mol. The molecule has 1 aromatic carbocycles. The van der Waals surface area contributed by atoms with Gasteiger partial charge >= 0.3 is 5.97 Å². The first kappa shape index (κ1) is 13.6. The van der Waals surface area contributed by atoms with Crippen molar-refractivity contribution in [3.8, 4) is 5.75 Å². The van der Waals surface area contributed by atoms with Crippen LogP contribution in [0.4, 0.5) is 5.69 Å². The smallest absolute Gasteiger partial charge is 0.320 e. The van der Waals surface area contributed by atoms with E-state index in [1.165, 1.54) is 6.07 Å². The van der Waals surface area contributed by atoms with Gasteiger partial charge in [-0.2, -0.15) is 0 Å². The van der Waals surface area contributed by atoms with E-state index in [4.69, 9.17) is 22.4 Å². The highest BCUT2D eigenvalue weighted by atomic mass is 35.5. The third kappa shape index (κ3) is 4.13. The normalized spacial score (nSPS) is 12.1. The van der Waals surface area contributed by atoms with Crippen LogP contribution in [0.1, 0.15) is 5.56 Å². The van der Waals surface area contributed by atoms with Gasteiger partial charge in [-0.05, 0) is 24.1 Å². The van der Waals surface area contributed by atoms with Crippen molar-refractivity contribution < 1.29 is 15.0 Å². The first-order valence-electron chi connectivity index (χ1n) is 5.14. The summed E-state index contributed by atoms with van der Waals surface area (Å²) in [6.45, 7) is 0.545. The highest BCUT2D eigenvalue weighted by molar-refractivity contribution is 6.18. The first-order valence-corrected chi connectivity index (χ1v) is 5.68. The summed E-state index contributed by atoms with van der Waals surface area (Å²) >= 11 is 5.51. The van der Waals surface area contributed by atoms with Crippen molar-refractivity contribution in [3.63, 3.8) is 0 Å². The highest BCUT2D eigenvalue weighted by Gasteiger charge is 2.13. The van der Waals surface area contributed by atoms with Crippen molar-refractivity contribution in [1.29, 1.82) is 0 Å². The van der Waals surface area contributed by atoms with Gasteiger partial charge in [0.05, 0.1) is 5.69 Å². The van der Waals surface area contributed by atoms with Crippen LogP contribution in [-0.2, 0) is 11.2 Å². The Kier molecular flexibility index (Phi) is 5.06. The van der Waals surface area contributed by atoms with Gasteiger partial charge in [-0.1, -0.05) is 6.07 Å². The molecule has 0 saturated heterocycles. The van der Waals surface area contributed by atoms with E-state index >= 15 is 0 Å². The molecule has 0 saturated carbocycles. The van der Waals surface area contributed by atoms with Gasteiger partial charge in [-0.3, -0.25) is 4.79 Å². The number of rotatable bonds is 6. The van der Waals surface area contributed by atoms with Crippen LogP contribution >= 0.6 is 11.6 Å². The van der Waals surface area contributed by atoms with Gasteiger partial charge in [0.25, 0.3) is 0 Å². The lowest BCUT2D eigenvalue weighted by molar-refractivity contribution is -0.138. The minimum Gasteiger partial charge on any atom is -0.506 e. The minimum atomic E-state index is -1.06. The van der Waals surface area contributed by atoms with Gasteiger partial charge in [-0.15, -0.1) is 11.6 Å². The summed E-state index contributed by atoms with van der Waals surface area (Å²) in [6, 6.07) is 3.93. The van der Waals surface area contributed by atoms with Crippen molar-refractivity contribution in [2.75, 3.05) is 17.7 Å². The van der Waals surface area contributed by atoms with Crippen LogP contribution in [0.15, 0.2) is 18.2 Å². The van der Waals surface area contributed by atoms with E-state index in [-0.39, 0.29) is 12.2 Å². The van der Waals surface area contributed by atoms with Crippen LogP contribution in [0.5, 0.6) is 5.75 Å². The minimum absolute atomic E-state index is 0.0604. The van der Waals surface area contributed by atoms with Crippen molar-refractivity contribution in [2.45, 2.75) is 12.5 Å². The molecule has 0 bridgehead atoms. The van der Waals surface area contributed by atoms with Gasteiger partial charge in [0.1, 0.15) is 11.8 Å². The number of alkyl halides is 1. The maximum absolute atomic E-state index is 10.6. The van der Waals surface area contributed by atoms with Gasteiger partial charge < -0.3 is 21.3 Å². The third-order valence-corrected chi connectivity index (χ3v) is 2.43. The lowest BCUT2D eigenvalue weighted by Crippen LogP contribution is -2.32. The number of hydrogen-bond donors (Lipinski definition) is 4. The van der Waals surface area contributed by atoms with E-state index in [9.17, 15) is 9.90 Å². The molecule has 5 nitrogen and oxygen atoms in total. The fourth-order valence-electron chi connectivity index (χ4n) is 1.38. The first-order chi connectivity index (χ1) is 8.04. The number of hydrogen-bond acceptors (Lipinski definition) is 4. The van der Waals surface area contributed by atoms with Gasteiger partial charge in [-0.25, -0.2) is 0 Å². The molecule has 1 aromatic rings. The second-order valence-electron chi connectivity index (χ2n) is 3.62. The number of nitrogens with one attached hydrogen (secondary N) is 1. The summed E-state index contributed by atoms with van der Waals surface area (Å²) in [5.41, 5.74) is 6.65. The number of phenolic OH excluding ortho intramolecular Hbond substituents is 1. The number of anilines is 1. The Hall–Kier alpha value is -1.46. The second kappa shape index (κ2) is 6.32.